The molecule has 1 heterocycles. The minimum atomic E-state index is -0.762. The van der Waals surface area contributed by atoms with E-state index < -0.39 is 23.5 Å². The second kappa shape index (κ2) is 9.22. The zero-order valence-electron chi connectivity index (χ0n) is 17.6. The summed E-state index contributed by atoms with van der Waals surface area (Å²) in [5.41, 5.74) is 2.11. The molecule has 1 N–H and O–H groups in total. The Balaban J connectivity index is 2.08. The van der Waals surface area contributed by atoms with Crippen LogP contribution in [0.3, 0.4) is 0 Å². The fraction of sp³-hybridized carbons (Fsp3) is 0.333. The van der Waals surface area contributed by atoms with Gasteiger partial charge < -0.3 is 14.9 Å². The Bertz CT molecular complexity index is 947. The van der Waals surface area contributed by atoms with E-state index in [9.17, 15) is 19.1 Å². The lowest BCUT2D eigenvalue weighted by Crippen LogP contribution is -2.38. The highest BCUT2D eigenvalue weighted by Gasteiger charge is 2.45. The number of amides is 1. The number of Topliss-reactive ketones (excluding diaryl/α,β-unsaturated/α-hetero) is 1. The summed E-state index contributed by atoms with van der Waals surface area (Å²) in [5, 5.41) is 11.0. The van der Waals surface area contributed by atoms with Gasteiger partial charge in [-0.2, -0.15) is 0 Å². The molecule has 30 heavy (non-hydrogen) atoms. The van der Waals surface area contributed by atoms with Gasteiger partial charge in [0.1, 0.15) is 11.6 Å². The van der Waals surface area contributed by atoms with Crippen molar-refractivity contribution in [3.05, 3.63) is 76.6 Å². The lowest BCUT2D eigenvalue weighted by molar-refractivity contribution is -0.140. The number of likely N-dealkylation sites (N-methyl/N-ethyl adjacent to an activating group) is 1. The average Bonchev–Trinajstić information content (AvgIpc) is 3.00. The SMILES string of the molecule is CCN(CC)CCN1C(=O)C(=O)/C(=C(/O)c2ccc(C)cc2)[C@H]1c1ccc(F)cc1. The molecule has 0 unspecified atom stereocenters. The van der Waals surface area contributed by atoms with Crippen molar-refractivity contribution in [3.63, 3.8) is 0 Å². The predicted octanol–water partition coefficient (Wildman–Crippen LogP) is 3.90. The van der Waals surface area contributed by atoms with Gasteiger partial charge in [-0.1, -0.05) is 55.8 Å². The van der Waals surface area contributed by atoms with Crippen molar-refractivity contribution in [2.24, 2.45) is 0 Å². The van der Waals surface area contributed by atoms with Gasteiger partial charge in [0.05, 0.1) is 11.6 Å². The van der Waals surface area contributed by atoms with Crippen LogP contribution in [-0.4, -0.2) is 52.8 Å². The molecule has 2 aromatic rings. The smallest absolute Gasteiger partial charge is 0.295 e. The molecule has 0 aromatic heterocycles. The summed E-state index contributed by atoms with van der Waals surface area (Å²) in [6, 6.07) is 12.0. The Hall–Kier alpha value is -2.99. The zero-order valence-corrected chi connectivity index (χ0v) is 17.6. The highest BCUT2D eigenvalue weighted by Crippen LogP contribution is 2.39. The number of aliphatic hydroxyl groups is 1. The molecular formula is C24H27FN2O3. The van der Waals surface area contributed by atoms with Gasteiger partial charge in [0.15, 0.2) is 0 Å². The lowest BCUT2D eigenvalue weighted by Gasteiger charge is -2.28. The fourth-order valence-electron chi connectivity index (χ4n) is 3.76. The van der Waals surface area contributed by atoms with Crippen LogP contribution in [0.15, 0.2) is 54.1 Å². The molecule has 3 rings (SSSR count). The van der Waals surface area contributed by atoms with E-state index in [-0.39, 0.29) is 11.3 Å². The number of aryl methyl sites for hydroxylation is 1. The number of carbonyl (C=O) groups is 2. The minimum Gasteiger partial charge on any atom is -0.507 e. The van der Waals surface area contributed by atoms with Crippen molar-refractivity contribution in [3.8, 4) is 0 Å². The summed E-state index contributed by atoms with van der Waals surface area (Å²) in [7, 11) is 0. The highest BCUT2D eigenvalue weighted by molar-refractivity contribution is 6.46. The maximum atomic E-state index is 13.5. The molecule has 2 aromatic carbocycles. The number of nitrogens with zero attached hydrogens (tertiary/aromatic N) is 2. The normalized spacial score (nSPS) is 18.4. The van der Waals surface area contributed by atoms with Gasteiger partial charge in [0.25, 0.3) is 11.7 Å². The Morgan fingerprint density at radius 3 is 2.20 bits per heavy atom. The van der Waals surface area contributed by atoms with Crippen molar-refractivity contribution in [2.45, 2.75) is 26.8 Å². The molecule has 1 saturated heterocycles. The van der Waals surface area contributed by atoms with E-state index >= 15 is 0 Å². The average molecular weight is 410 g/mol. The van der Waals surface area contributed by atoms with Crippen molar-refractivity contribution in [1.82, 2.24) is 9.80 Å². The second-order valence-electron chi connectivity index (χ2n) is 7.44. The second-order valence-corrected chi connectivity index (χ2v) is 7.44. The summed E-state index contributed by atoms with van der Waals surface area (Å²) >= 11 is 0. The third-order valence-electron chi connectivity index (χ3n) is 5.60. The number of halogens is 1. The molecule has 5 nitrogen and oxygen atoms in total. The van der Waals surface area contributed by atoms with Crippen LogP contribution in [0.1, 0.15) is 36.6 Å². The number of rotatable bonds is 7. The van der Waals surface area contributed by atoms with E-state index in [4.69, 9.17) is 0 Å². The zero-order chi connectivity index (χ0) is 21.8. The Morgan fingerprint density at radius 1 is 1.03 bits per heavy atom. The summed E-state index contributed by atoms with van der Waals surface area (Å²) in [6.07, 6.45) is 0. The van der Waals surface area contributed by atoms with E-state index in [1.165, 1.54) is 17.0 Å². The molecule has 1 amide bonds. The van der Waals surface area contributed by atoms with E-state index in [0.717, 1.165) is 18.7 Å². The molecule has 0 radical (unpaired) electrons. The van der Waals surface area contributed by atoms with Crippen molar-refractivity contribution < 1.29 is 19.1 Å². The molecule has 0 saturated carbocycles. The van der Waals surface area contributed by atoms with Gasteiger partial charge >= 0.3 is 0 Å². The van der Waals surface area contributed by atoms with Gasteiger partial charge in [-0.25, -0.2) is 4.39 Å². The van der Waals surface area contributed by atoms with E-state index in [2.05, 4.69) is 4.90 Å². The van der Waals surface area contributed by atoms with Gasteiger partial charge in [0, 0.05) is 18.7 Å². The lowest BCUT2D eigenvalue weighted by atomic mass is 9.95. The molecule has 0 bridgehead atoms. The van der Waals surface area contributed by atoms with Crippen LogP contribution in [-0.2, 0) is 9.59 Å². The molecule has 6 heteroatoms. The first-order valence-electron chi connectivity index (χ1n) is 10.2. The van der Waals surface area contributed by atoms with Crippen LogP contribution in [0, 0.1) is 12.7 Å². The fourth-order valence-corrected chi connectivity index (χ4v) is 3.76. The van der Waals surface area contributed by atoms with Crippen LogP contribution < -0.4 is 0 Å². The minimum absolute atomic E-state index is 0.0370. The maximum Gasteiger partial charge on any atom is 0.295 e. The van der Waals surface area contributed by atoms with Crippen molar-refractivity contribution in [2.75, 3.05) is 26.2 Å². The summed E-state index contributed by atoms with van der Waals surface area (Å²) in [4.78, 5) is 29.5. The third-order valence-corrected chi connectivity index (χ3v) is 5.60. The predicted molar refractivity (Wildman–Crippen MR) is 114 cm³/mol. The number of benzene rings is 2. The number of aliphatic hydroxyl groups excluding tert-OH is 1. The Morgan fingerprint density at radius 2 is 1.63 bits per heavy atom. The molecule has 1 aliphatic rings. The number of likely N-dealkylation sites (tertiary alicyclic amines) is 1. The van der Waals surface area contributed by atoms with E-state index in [1.807, 2.05) is 32.9 Å². The third kappa shape index (κ3) is 4.28. The maximum absolute atomic E-state index is 13.5. The summed E-state index contributed by atoms with van der Waals surface area (Å²) in [6.45, 7) is 8.57. The van der Waals surface area contributed by atoms with Crippen LogP contribution in [0.25, 0.3) is 5.76 Å². The summed E-state index contributed by atoms with van der Waals surface area (Å²) in [5.74, 6) is -1.99. The van der Waals surface area contributed by atoms with Crippen molar-refractivity contribution >= 4 is 17.4 Å². The molecule has 1 atom stereocenters. The quantitative estimate of drug-likeness (QED) is 0.427. The van der Waals surface area contributed by atoms with Gasteiger partial charge in [-0.05, 0) is 37.7 Å². The first-order chi connectivity index (χ1) is 14.4. The summed E-state index contributed by atoms with van der Waals surface area (Å²) < 4.78 is 13.5. The number of carbonyl (C=O) groups excluding carboxylic acids is 2. The monoisotopic (exact) mass is 410 g/mol. The molecule has 0 spiro atoms. The van der Waals surface area contributed by atoms with Crippen LogP contribution >= 0.6 is 0 Å². The first-order valence-corrected chi connectivity index (χ1v) is 10.2. The molecule has 1 aliphatic heterocycles. The topological polar surface area (TPSA) is 60.9 Å². The van der Waals surface area contributed by atoms with Crippen LogP contribution in [0.5, 0.6) is 0 Å². The van der Waals surface area contributed by atoms with Gasteiger partial charge in [-0.3, -0.25) is 9.59 Å². The number of ketones is 1. The largest absolute Gasteiger partial charge is 0.507 e. The first kappa shape index (κ1) is 21.7. The highest BCUT2D eigenvalue weighted by atomic mass is 19.1. The Labute approximate surface area is 176 Å². The molecular weight excluding hydrogens is 383 g/mol. The van der Waals surface area contributed by atoms with E-state index in [0.29, 0.717) is 24.2 Å². The molecule has 0 aliphatic carbocycles. The Kier molecular flexibility index (Phi) is 6.67. The van der Waals surface area contributed by atoms with E-state index in [1.54, 1.807) is 24.3 Å². The van der Waals surface area contributed by atoms with Crippen LogP contribution in [0.2, 0.25) is 0 Å². The van der Waals surface area contributed by atoms with Gasteiger partial charge in [-0.15, -0.1) is 0 Å². The molecule has 158 valence electrons. The van der Waals surface area contributed by atoms with Crippen molar-refractivity contribution in [1.29, 1.82) is 0 Å². The van der Waals surface area contributed by atoms with Gasteiger partial charge in [0.2, 0.25) is 0 Å². The number of hydrogen-bond donors (Lipinski definition) is 1. The van der Waals surface area contributed by atoms with Crippen LogP contribution in [0.4, 0.5) is 4.39 Å². The standard InChI is InChI=1S/C24H27FN2O3/c1-4-26(5-2)14-15-27-21(17-10-12-19(25)13-11-17)20(23(29)24(27)30)22(28)18-8-6-16(3)7-9-18/h6-13,21,28H,4-5,14-15H2,1-3H3/b22-20+/t21-/m1/s1. The number of hydrogen-bond acceptors (Lipinski definition) is 4. The molecule has 1 fully saturated rings.